The maximum absolute atomic E-state index is 13.3. The normalized spacial score (nSPS) is 14.4. The average molecular weight is 586 g/mol. The van der Waals surface area contributed by atoms with Crippen LogP contribution >= 0.6 is 23.2 Å². The van der Waals surface area contributed by atoms with Crippen LogP contribution in [0.3, 0.4) is 0 Å². The van der Waals surface area contributed by atoms with E-state index in [1.807, 2.05) is 12.1 Å². The number of fused-ring (bicyclic) bond motifs is 1. The molecule has 0 unspecified atom stereocenters. The third kappa shape index (κ3) is 5.81. The van der Waals surface area contributed by atoms with Crippen molar-refractivity contribution in [1.29, 1.82) is 0 Å². The molecule has 0 bridgehead atoms. The first-order chi connectivity index (χ1) is 18.8. The van der Waals surface area contributed by atoms with Crippen LogP contribution in [0, 0.1) is 0 Å². The number of piperazine rings is 1. The predicted molar refractivity (Wildman–Crippen MR) is 153 cm³/mol. The number of carbonyl (C=O) groups is 1. The molecule has 1 fully saturated rings. The zero-order valence-electron chi connectivity index (χ0n) is 21.1. The lowest BCUT2D eigenvalue weighted by Crippen LogP contribution is -2.48. The second-order valence-electron chi connectivity index (χ2n) is 9.13. The first kappa shape index (κ1) is 27.2. The molecule has 202 valence electrons. The predicted octanol–water partition coefficient (Wildman–Crippen LogP) is 5.31. The number of nitrogens with zero attached hydrogens (tertiary/aromatic N) is 3. The number of hydrogen-bond acceptors (Lipinski definition) is 6. The van der Waals surface area contributed by atoms with Crippen molar-refractivity contribution in [2.45, 2.75) is 11.4 Å². The Balaban J connectivity index is 1.28. The Morgan fingerprint density at radius 1 is 1.00 bits per heavy atom. The standard InChI is InChI=1S/C28H26Cl2N4O4S/c1-38-24-17-21(32-39(36,37)25-9-3-5-19-7-4-12-31-27(19)25)10-11-22(24)28(35)34-15-13-33(14-16-34)18-20-6-2-8-23(29)26(20)30/h2-12,17,32H,13-16,18H2,1H3. The number of carbonyl (C=O) groups excluding carboxylic acids is 1. The number of benzene rings is 3. The minimum Gasteiger partial charge on any atom is -0.496 e. The molecule has 1 aliphatic heterocycles. The second kappa shape index (κ2) is 11.4. The number of pyridine rings is 1. The van der Waals surface area contributed by atoms with Gasteiger partial charge in [-0.15, -0.1) is 0 Å². The monoisotopic (exact) mass is 584 g/mol. The van der Waals surface area contributed by atoms with E-state index in [2.05, 4.69) is 14.6 Å². The first-order valence-corrected chi connectivity index (χ1v) is 14.5. The molecule has 1 amide bonds. The highest BCUT2D eigenvalue weighted by atomic mass is 35.5. The number of ether oxygens (including phenoxy) is 1. The van der Waals surface area contributed by atoms with E-state index in [9.17, 15) is 13.2 Å². The Morgan fingerprint density at radius 2 is 1.74 bits per heavy atom. The summed E-state index contributed by atoms with van der Waals surface area (Å²) in [6.45, 7) is 3.05. The highest BCUT2D eigenvalue weighted by Crippen LogP contribution is 2.29. The van der Waals surface area contributed by atoms with E-state index in [0.29, 0.717) is 53.8 Å². The summed E-state index contributed by atoms with van der Waals surface area (Å²) in [6.07, 6.45) is 1.55. The van der Waals surface area contributed by atoms with Crippen molar-refractivity contribution in [1.82, 2.24) is 14.8 Å². The van der Waals surface area contributed by atoms with E-state index in [1.54, 1.807) is 53.6 Å². The van der Waals surface area contributed by atoms with Gasteiger partial charge in [-0.2, -0.15) is 0 Å². The zero-order chi connectivity index (χ0) is 27.6. The Kier molecular flexibility index (Phi) is 7.95. The lowest BCUT2D eigenvalue weighted by molar-refractivity contribution is 0.0625. The van der Waals surface area contributed by atoms with E-state index in [4.69, 9.17) is 27.9 Å². The van der Waals surface area contributed by atoms with Gasteiger partial charge in [0.1, 0.15) is 10.6 Å². The summed E-state index contributed by atoms with van der Waals surface area (Å²) in [4.78, 5) is 21.6. The lowest BCUT2D eigenvalue weighted by atomic mass is 10.1. The van der Waals surface area contributed by atoms with Crippen LogP contribution in [0.25, 0.3) is 10.9 Å². The van der Waals surface area contributed by atoms with Crippen LogP contribution < -0.4 is 9.46 Å². The van der Waals surface area contributed by atoms with Gasteiger partial charge in [-0.05, 0) is 35.9 Å². The fourth-order valence-corrected chi connectivity index (χ4v) is 6.24. The van der Waals surface area contributed by atoms with Gasteiger partial charge in [-0.1, -0.05) is 53.5 Å². The largest absolute Gasteiger partial charge is 0.496 e. The van der Waals surface area contributed by atoms with Crippen LogP contribution in [-0.4, -0.2) is 62.4 Å². The van der Waals surface area contributed by atoms with Crippen LogP contribution in [0.1, 0.15) is 15.9 Å². The van der Waals surface area contributed by atoms with E-state index in [-0.39, 0.29) is 22.2 Å². The van der Waals surface area contributed by atoms with Crippen LogP contribution in [0.15, 0.2) is 77.8 Å². The van der Waals surface area contributed by atoms with Gasteiger partial charge in [0.15, 0.2) is 0 Å². The summed E-state index contributed by atoms with van der Waals surface area (Å²) >= 11 is 12.5. The van der Waals surface area contributed by atoms with Crippen molar-refractivity contribution in [2.75, 3.05) is 38.0 Å². The van der Waals surface area contributed by atoms with Gasteiger partial charge in [-0.3, -0.25) is 19.4 Å². The number of rotatable bonds is 7. The summed E-state index contributed by atoms with van der Waals surface area (Å²) in [5, 5.41) is 1.79. The third-order valence-corrected chi connectivity index (χ3v) is 8.93. The van der Waals surface area contributed by atoms with E-state index < -0.39 is 10.0 Å². The molecule has 0 radical (unpaired) electrons. The van der Waals surface area contributed by atoms with Crippen LogP contribution in [0.4, 0.5) is 5.69 Å². The summed E-state index contributed by atoms with van der Waals surface area (Å²) in [5.74, 6) is 0.101. The van der Waals surface area contributed by atoms with Crippen molar-refractivity contribution in [3.63, 3.8) is 0 Å². The fraction of sp³-hybridized carbons (Fsp3) is 0.214. The molecule has 1 aliphatic rings. The van der Waals surface area contributed by atoms with Gasteiger partial charge in [0.2, 0.25) is 0 Å². The highest BCUT2D eigenvalue weighted by molar-refractivity contribution is 7.93. The maximum atomic E-state index is 13.3. The van der Waals surface area contributed by atoms with Gasteiger partial charge in [0.05, 0.1) is 33.9 Å². The summed E-state index contributed by atoms with van der Waals surface area (Å²) in [7, 11) is -2.49. The Morgan fingerprint density at radius 3 is 2.51 bits per heavy atom. The average Bonchev–Trinajstić information content (AvgIpc) is 2.95. The molecule has 4 aromatic rings. The molecule has 8 nitrogen and oxygen atoms in total. The van der Waals surface area contributed by atoms with Gasteiger partial charge < -0.3 is 9.64 Å². The summed E-state index contributed by atoms with van der Waals surface area (Å²) in [5.41, 5.74) is 1.96. The van der Waals surface area contributed by atoms with E-state index >= 15 is 0 Å². The molecule has 11 heteroatoms. The van der Waals surface area contributed by atoms with Crippen LogP contribution in [-0.2, 0) is 16.6 Å². The number of amides is 1. The summed E-state index contributed by atoms with van der Waals surface area (Å²) < 4.78 is 34.5. The first-order valence-electron chi connectivity index (χ1n) is 12.3. The molecule has 3 aromatic carbocycles. The number of anilines is 1. The summed E-state index contributed by atoms with van der Waals surface area (Å²) in [6, 6.07) is 18.8. The molecule has 0 atom stereocenters. The number of sulfonamides is 1. The Bertz CT molecular complexity index is 1630. The topological polar surface area (TPSA) is 91.8 Å². The maximum Gasteiger partial charge on any atom is 0.264 e. The van der Waals surface area contributed by atoms with Crippen molar-refractivity contribution in [2.24, 2.45) is 0 Å². The molecule has 5 rings (SSSR count). The number of nitrogens with one attached hydrogen (secondary N) is 1. The van der Waals surface area contributed by atoms with Crippen molar-refractivity contribution >= 4 is 55.7 Å². The zero-order valence-corrected chi connectivity index (χ0v) is 23.4. The van der Waals surface area contributed by atoms with Crippen molar-refractivity contribution in [3.05, 3.63) is 94.1 Å². The van der Waals surface area contributed by atoms with Crippen molar-refractivity contribution < 1.29 is 17.9 Å². The van der Waals surface area contributed by atoms with Crippen molar-refractivity contribution in [3.8, 4) is 5.75 Å². The Hall–Kier alpha value is -3.37. The fourth-order valence-electron chi connectivity index (χ4n) is 4.63. The SMILES string of the molecule is COc1cc(NS(=O)(=O)c2cccc3cccnc23)ccc1C(=O)N1CCN(Cc2cccc(Cl)c2Cl)CC1. The van der Waals surface area contributed by atoms with E-state index in [1.165, 1.54) is 19.2 Å². The Labute approximate surface area is 237 Å². The van der Waals surface area contributed by atoms with Gasteiger partial charge in [0, 0.05) is 50.4 Å². The minimum absolute atomic E-state index is 0.0663. The number of para-hydroxylation sites is 1. The van der Waals surface area contributed by atoms with Gasteiger partial charge in [0.25, 0.3) is 15.9 Å². The minimum atomic E-state index is -3.94. The second-order valence-corrected chi connectivity index (χ2v) is 11.6. The number of hydrogen-bond donors (Lipinski definition) is 1. The molecule has 1 N–H and O–H groups in total. The van der Waals surface area contributed by atoms with Crippen LogP contribution in [0.2, 0.25) is 10.0 Å². The molecule has 1 aromatic heterocycles. The number of halogens is 2. The molecule has 0 spiro atoms. The number of methoxy groups -OCH3 is 1. The molecule has 0 saturated carbocycles. The van der Waals surface area contributed by atoms with Gasteiger partial charge >= 0.3 is 0 Å². The number of aromatic nitrogens is 1. The third-order valence-electron chi connectivity index (χ3n) is 6.65. The molecule has 2 heterocycles. The lowest BCUT2D eigenvalue weighted by Gasteiger charge is -2.35. The smallest absolute Gasteiger partial charge is 0.264 e. The highest BCUT2D eigenvalue weighted by Gasteiger charge is 2.26. The molecule has 39 heavy (non-hydrogen) atoms. The van der Waals surface area contributed by atoms with Crippen LogP contribution in [0.5, 0.6) is 5.75 Å². The molecule has 0 aliphatic carbocycles. The van der Waals surface area contributed by atoms with Gasteiger partial charge in [-0.25, -0.2) is 8.42 Å². The molecular weight excluding hydrogens is 559 g/mol. The molecule has 1 saturated heterocycles. The molecular formula is C28H26Cl2N4O4S. The van der Waals surface area contributed by atoms with E-state index in [0.717, 1.165) is 10.9 Å². The quantitative estimate of drug-likeness (QED) is 0.316.